The Morgan fingerprint density at radius 1 is 1.11 bits per heavy atom. The van der Waals surface area contributed by atoms with Crippen molar-refractivity contribution in [3.63, 3.8) is 0 Å². The molecule has 0 atom stereocenters. The van der Waals surface area contributed by atoms with E-state index in [9.17, 15) is 0 Å². The minimum absolute atomic E-state index is 0.815. The van der Waals surface area contributed by atoms with Crippen LogP contribution in [0.15, 0.2) is 52.6 Å². The van der Waals surface area contributed by atoms with E-state index in [1.54, 1.807) is 6.20 Å². The minimum Gasteiger partial charge on any atom is -0.248 e. The molecule has 1 aromatic heterocycles. The SMILES string of the molecule is Brc1ccc2c(c1)CC(C#Cc1ccccn1)=C2. The summed E-state index contributed by atoms with van der Waals surface area (Å²) in [5.41, 5.74) is 4.56. The molecule has 1 aliphatic carbocycles. The van der Waals surface area contributed by atoms with E-state index in [1.807, 2.05) is 18.2 Å². The van der Waals surface area contributed by atoms with Gasteiger partial charge in [-0.2, -0.15) is 0 Å². The van der Waals surface area contributed by atoms with E-state index in [0.717, 1.165) is 22.2 Å². The second-order valence-electron chi connectivity index (χ2n) is 4.15. The van der Waals surface area contributed by atoms with Crippen molar-refractivity contribution in [2.24, 2.45) is 0 Å². The molecular weight excluding hydrogens is 286 g/mol. The number of aromatic nitrogens is 1. The van der Waals surface area contributed by atoms with Crippen LogP contribution >= 0.6 is 15.9 Å². The zero-order valence-electron chi connectivity index (χ0n) is 9.65. The van der Waals surface area contributed by atoms with Crippen LogP contribution in [0, 0.1) is 11.8 Å². The second-order valence-corrected chi connectivity index (χ2v) is 5.07. The number of hydrogen-bond acceptors (Lipinski definition) is 1. The van der Waals surface area contributed by atoms with Gasteiger partial charge in [-0.1, -0.05) is 34.0 Å². The lowest BCUT2D eigenvalue weighted by molar-refractivity contribution is 1.25. The van der Waals surface area contributed by atoms with Gasteiger partial charge < -0.3 is 0 Å². The summed E-state index contributed by atoms with van der Waals surface area (Å²) in [5.74, 6) is 6.29. The number of pyridine rings is 1. The van der Waals surface area contributed by atoms with Crippen LogP contribution in [0.4, 0.5) is 0 Å². The van der Waals surface area contributed by atoms with Gasteiger partial charge in [-0.15, -0.1) is 0 Å². The van der Waals surface area contributed by atoms with Gasteiger partial charge in [-0.05, 0) is 47.4 Å². The molecule has 0 N–H and O–H groups in total. The van der Waals surface area contributed by atoms with E-state index in [2.05, 4.69) is 57.0 Å². The lowest BCUT2D eigenvalue weighted by atomic mass is 10.1. The maximum atomic E-state index is 4.19. The van der Waals surface area contributed by atoms with Crippen LogP contribution in [0.2, 0.25) is 0 Å². The van der Waals surface area contributed by atoms with Crippen LogP contribution < -0.4 is 0 Å². The highest BCUT2D eigenvalue weighted by Crippen LogP contribution is 2.27. The van der Waals surface area contributed by atoms with Gasteiger partial charge in [0.25, 0.3) is 0 Å². The molecule has 1 heterocycles. The Labute approximate surface area is 115 Å². The van der Waals surface area contributed by atoms with Crippen LogP contribution in [-0.4, -0.2) is 4.98 Å². The number of nitrogens with zero attached hydrogens (tertiary/aromatic N) is 1. The van der Waals surface area contributed by atoms with Crippen molar-refractivity contribution in [3.05, 3.63) is 69.5 Å². The van der Waals surface area contributed by atoms with E-state index >= 15 is 0 Å². The zero-order chi connectivity index (χ0) is 12.4. The normalized spacial score (nSPS) is 12.4. The second kappa shape index (κ2) is 4.80. The molecule has 0 aliphatic heterocycles. The first kappa shape index (κ1) is 11.3. The van der Waals surface area contributed by atoms with Crippen LogP contribution in [0.25, 0.3) is 6.08 Å². The Bertz CT molecular complexity index is 675. The maximum absolute atomic E-state index is 4.19. The van der Waals surface area contributed by atoms with Crippen molar-refractivity contribution in [2.45, 2.75) is 6.42 Å². The van der Waals surface area contributed by atoms with Crippen LogP contribution in [0.5, 0.6) is 0 Å². The van der Waals surface area contributed by atoms with E-state index in [-0.39, 0.29) is 0 Å². The fraction of sp³-hybridized carbons (Fsp3) is 0.0625. The Hall–Kier alpha value is -1.85. The molecule has 0 radical (unpaired) electrons. The van der Waals surface area contributed by atoms with Gasteiger partial charge in [-0.3, -0.25) is 0 Å². The molecular formula is C16H10BrN. The first-order valence-electron chi connectivity index (χ1n) is 5.73. The standard InChI is InChI=1S/C16H10BrN/c17-15-6-5-13-9-12(10-14(13)11-15)4-7-16-3-1-2-8-18-16/h1-3,5-6,8-9,11H,10H2. The highest BCUT2D eigenvalue weighted by atomic mass is 79.9. The van der Waals surface area contributed by atoms with Crippen molar-refractivity contribution in [3.8, 4) is 11.8 Å². The number of rotatable bonds is 0. The van der Waals surface area contributed by atoms with Gasteiger partial charge >= 0.3 is 0 Å². The van der Waals surface area contributed by atoms with E-state index in [1.165, 1.54) is 11.1 Å². The highest BCUT2D eigenvalue weighted by molar-refractivity contribution is 9.10. The molecule has 2 aromatic rings. The van der Waals surface area contributed by atoms with Crippen molar-refractivity contribution in [1.29, 1.82) is 0 Å². The smallest absolute Gasteiger partial charge is 0.113 e. The number of halogens is 1. The molecule has 1 nitrogen and oxygen atoms in total. The van der Waals surface area contributed by atoms with Crippen molar-refractivity contribution < 1.29 is 0 Å². The Morgan fingerprint density at radius 2 is 2.06 bits per heavy atom. The predicted molar refractivity (Wildman–Crippen MR) is 76.9 cm³/mol. The molecule has 0 amide bonds. The number of hydrogen-bond donors (Lipinski definition) is 0. The largest absolute Gasteiger partial charge is 0.248 e. The van der Waals surface area contributed by atoms with Crippen molar-refractivity contribution in [2.75, 3.05) is 0 Å². The molecule has 3 rings (SSSR count). The predicted octanol–water partition coefficient (Wildman–Crippen LogP) is 3.84. The van der Waals surface area contributed by atoms with Gasteiger partial charge in [0.1, 0.15) is 5.69 Å². The third kappa shape index (κ3) is 2.37. The average Bonchev–Trinajstić information content (AvgIpc) is 2.79. The molecule has 0 saturated heterocycles. The van der Waals surface area contributed by atoms with E-state index in [4.69, 9.17) is 0 Å². The summed E-state index contributed by atoms with van der Waals surface area (Å²) >= 11 is 3.49. The van der Waals surface area contributed by atoms with Crippen LogP contribution in [-0.2, 0) is 6.42 Å². The summed E-state index contributed by atoms with van der Waals surface area (Å²) in [4.78, 5) is 4.19. The van der Waals surface area contributed by atoms with E-state index < -0.39 is 0 Å². The molecule has 0 spiro atoms. The van der Waals surface area contributed by atoms with Gasteiger partial charge in [0.05, 0.1) is 0 Å². The molecule has 18 heavy (non-hydrogen) atoms. The van der Waals surface area contributed by atoms with Gasteiger partial charge in [-0.25, -0.2) is 4.98 Å². The summed E-state index contributed by atoms with van der Waals surface area (Å²) in [7, 11) is 0. The molecule has 0 fully saturated rings. The molecule has 0 bridgehead atoms. The quantitative estimate of drug-likeness (QED) is 0.673. The minimum atomic E-state index is 0.815. The van der Waals surface area contributed by atoms with Gasteiger partial charge in [0.15, 0.2) is 0 Å². The van der Waals surface area contributed by atoms with Crippen molar-refractivity contribution in [1.82, 2.24) is 4.98 Å². The third-order valence-corrected chi connectivity index (χ3v) is 3.32. The first-order chi connectivity index (χ1) is 8.81. The third-order valence-electron chi connectivity index (χ3n) is 2.83. The number of allylic oxidation sites excluding steroid dienone is 1. The fourth-order valence-electron chi connectivity index (χ4n) is 1.97. The van der Waals surface area contributed by atoms with Crippen LogP contribution in [0.1, 0.15) is 16.8 Å². The summed E-state index contributed by atoms with van der Waals surface area (Å²) in [5, 5.41) is 0. The molecule has 86 valence electrons. The molecule has 1 aromatic carbocycles. The fourth-order valence-corrected chi connectivity index (χ4v) is 2.38. The average molecular weight is 296 g/mol. The van der Waals surface area contributed by atoms with Gasteiger partial charge in [0.2, 0.25) is 0 Å². The summed E-state index contributed by atoms with van der Waals surface area (Å²) < 4.78 is 1.12. The topological polar surface area (TPSA) is 12.9 Å². The summed E-state index contributed by atoms with van der Waals surface area (Å²) in [6.07, 6.45) is 4.82. The number of fused-ring (bicyclic) bond motifs is 1. The lowest BCUT2D eigenvalue weighted by Crippen LogP contribution is -1.83. The summed E-state index contributed by atoms with van der Waals surface area (Å²) in [6.45, 7) is 0. The zero-order valence-corrected chi connectivity index (χ0v) is 11.2. The lowest BCUT2D eigenvalue weighted by Gasteiger charge is -1.97. The molecule has 2 heteroatoms. The monoisotopic (exact) mass is 295 g/mol. The molecule has 0 unspecified atom stereocenters. The molecule has 0 saturated carbocycles. The first-order valence-corrected chi connectivity index (χ1v) is 6.52. The summed E-state index contributed by atoms with van der Waals surface area (Å²) in [6, 6.07) is 12.1. The Balaban J connectivity index is 1.85. The molecule has 1 aliphatic rings. The highest BCUT2D eigenvalue weighted by Gasteiger charge is 2.10. The Kier molecular flexibility index (Phi) is 3.00. The number of benzene rings is 1. The van der Waals surface area contributed by atoms with E-state index in [0.29, 0.717) is 0 Å². The maximum Gasteiger partial charge on any atom is 0.113 e. The van der Waals surface area contributed by atoms with Crippen LogP contribution in [0.3, 0.4) is 0 Å². The van der Waals surface area contributed by atoms with Crippen molar-refractivity contribution >= 4 is 22.0 Å². The van der Waals surface area contributed by atoms with Gasteiger partial charge in [0, 0.05) is 22.7 Å². The Morgan fingerprint density at radius 3 is 2.89 bits per heavy atom.